The first kappa shape index (κ1) is 29.7. The van der Waals surface area contributed by atoms with Gasteiger partial charge in [-0.2, -0.15) is 0 Å². The first-order chi connectivity index (χ1) is 24.6. The number of rotatable bonds is 1. The Hall–Kier alpha value is -5.05. The average molecular weight is 674 g/mol. The average Bonchev–Trinajstić information content (AvgIpc) is 3.61. The van der Waals surface area contributed by atoms with Gasteiger partial charge in [-0.15, -0.1) is 0 Å². The molecule has 246 valence electrons. The minimum atomic E-state index is -0.172. The second-order valence-corrected chi connectivity index (χ2v) is 17.6. The van der Waals surface area contributed by atoms with Crippen molar-refractivity contribution in [2.75, 3.05) is 4.90 Å². The van der Waals surface area contributed by atoms with Crippen molar-refractivity contribution in [3.63, 3.8) is 0 Å². The van der Waals surface area contributed by atoms with E-state index in [9.17, 15) is 0 Å². The molecule has 0 saturated carbocycles. The maximum Gasteiger partial charge on any atom is 0.0605 e. The minimum absolute atomic E-state index is 0.0455. The van der Waals surface area contributed by atoms with Crippen LogP contribution in [0.15, 0.2) is 137 Å². The Morgan fingerprint density at radius 3 is 1.61 bits per heavy atom. The number of hydrogen-bond acceptors (Lipinski definition) is 2. The lowest BCUT2D eigenvalue weighted by Crippen LogP contribution is -2.20. The van der Waals surface area contributed by atoms with E-state index in [-0.39, 0.29) is 16.2 Å². The maximum atomic E-state index is 2.58. The molecule has 7 aromatic rings. The van der Waals surface area contributed by atoms with Crippen molar-refractivity contribution in [3.8, 4) is 33.4 Å². The molecule has 4 aliphatic rings. The summed E-state index contributed by atoms with van der Waals surface area (Å²) in [4.78, 5) is 5.19. The van der Waals surface area contributed by atoms with Gasteiger partial charge in [0.2, 0.25) is 0 Å². The van der Waals surface area contributed by atoms with E-state index in [0.29, 0.717) is 0 Å². The summed E-state index contributed by atoms with van der Waals surface area (Å²) in [5.41, 5.74) is 20.3. The van der Waals surface area contributed by atoms with Gasteiger partial charge in [0, 0.05) is 31.4 Å². The Labute approximate surface area is 305 Å². The van der Waals surface area contributed by atoms with Crippen LogP contribution in [0.25, 0.3) is 44.2 Å². The number of hydrogen-bond donors (Lipinski definition) is 0. The summed E-state index contributed by atoms with van der Waals surface area (Å²) >= 11 is 1.91. The zero-order valence-electron chi connectivity index (χ0n) is 30.0. The molecule has 0 N–H and O–H groups in total. The van der Waals surface area contributed by atoms with Crippen LogP contribution in [0.2, 0.25) is 0 Å². The highest BCUT2D eigenvalue weighted by Gasteiger charge is 2.44. The normalized spacial score (nSPS) is 17.2. The Morgan fingerprint density at radius 2 is 0.882 bits per heavy atom. The number of para-hydroxylation sites is 1. The third kappa shape index (κ3) is 3.64. The molecule has 0 saturated heterocycles. The van der Waals surface area contributed by atoms with E-state index >= 15 is 0 Å². The highest BCUT2D eigenvalue weighted by molar-refractivity contribution is 7.99. The molecule has 0 fully saturated rings. The van der Waals surface area contributed by atoms with Gasteiger partial charge in [-0.05, 0) is 115 Å². The number of benzene rings is 7. The van der Waals surface area contributed by atoms with E-state index in [4.69, 9.17) is 0 Å². The molecule has 0 spiro atoms. The lowest BCUT2D eigenvalue weighted by Gasteiger charge is -2.36. The largest absolute Gasteiger partial charge is 0.308 e. The molecule has 0 aromatic heterocycles. The molecule has 11 rings (SSSR count). The summed E-state index contributed by atoms with van der Waals surface area (Å²) in [6.45, 7) is 14.4. The Balaban J connectivity index is 1.18. The van der Waals surface area contributed by atoms with E-state index in [1.54, 1.807) is 0 Å². The third-order valence-corrected chi connectivity index (χ3v) is 13.9. The molecule has 0 radical (unpaired) electrons. The van der Waals surface area contributed by atoms with Crippen molar-refractivity contribution in [3.05, 3.63) is 161 Å². The number of anilines is 3. The number of nitrogens with zero attached hydrogens (tertiary/aromatic N) is 1. The second-order valence-electron chi connectivity index (χ2n) is 16.5. The molecule has 0 bridgehead atoms. The lowest BCUT2D eigenvalue weighted by molar-refractivity contribution is 0.652. The molecule has 2 heteroatoms. The summed E-state index contributed by atoms with van der Waals surface area (Å²) in [7, 11) is 0. The SMILES string of the molecule is CC1(C)c2ccccc2-c2cc3c(cc21)-c1c(cc(N2c4ccccc4Sc4cc5c(cc42)C(C)(C)c2ccccc2-5)c2ccccc12)C3(C)C. The second kappa shape index (κ2) is 9.63. The van der Waals surface area contributed by atoms with Crippen molar-refractivity contribution in [2.24, 2.45) is 0 Å². The summed E-state index contributed by atoms with van der Waals surface area (Å²) < 4.78 is 0. The summed E-state index contributed by atoms with van der Waals surface area (Å²) in [5.74, 6) is 0. The highest BCUT2D eigenvalue weighted by Crippen LogP contribution is 2.61. The number of fused-ring (bicyclic) bond motifs is 13. The zero-order chi connectivity index (χ0) is 34.6. The van der Waals surface area contributed by atoms with Gasteiger partial charge >= 0.3 is 0 Å². The Bertz CT molecular complexity index is 2710. The molecule has 1 heterocycles. The molecule has 0 atom stereocenters. The third-order valence-electron chi connectivity index (χ3n) is 12.8. The summed E-state index contributed by atoms with van der Waals surface area (Å²) in [6, 6.07) is 48.8. The van der Waals surface area contributed by atoms with Crippen molar-refractivity contribution in [1.29, 1.82) is 0 Å². The zero-order valence-corrected chi connectivity index (χ0v) is 30.8. The van der Waals surface area contributed by atoms with Gasteiger partial charge in [0.15, 0.2) is 0 Å². The summed E-state index contributed by atoms with van der Waals surface area (Å²) in [5, 5.41) is 2.62. The highest BCUT2D eigenvalue weighted by atomic mass is 32.2. The van der Waals surface area contributed by atoms with Crippen molar-refractivity contribution in [1.82, 2.24) is 0 Å². The Morgan fingerprint density at radius 1 is 0.373 bits per heavy atom. The van der Waals surface area contributed by atoms with Crippen LogP contribution in [0.5, 0.6) is 0 Å². The van der Waals surface area contributed by atoms with Crippen molar-refractivity contribution in [2.45, 2.75) is 67.6 Å². The molecule has 51 heavy (non-hydrogen) atoms. The van der Waals surface area contributed by atoms with Gasteiger partial charge in [0.25, 0.3) is 0 Å². The summed E-state index contributed by atoms with van der Waals surface area (Å²) in [6.07, 6.45) is 0. The van der Waals surface area contributed by atoms with Crippen LogP contribution in [0.1, 0.15) is 74.9 Å². The molecule has 0 unspecified atom stereocenters. The fraction of sp³-hybridized carbons (Fsp3) is 0.184. The first-order valence-electron chi connectivity index (χ1n) is 18.3. The quantitative estimate of drug-likeness (QED) is 0.171. The van der Waals surface area contributed by atoms with Gasteiger partial charge in [-0.1, -0.05) is 138 Å². The molecular weight excluding hydrogens is 635 g/mol. The van der Waals surface area contributed by atoms with Crippen LogP contribution < -0.4 is 4.90 Å². The maximum absolute atomic E-state index is 2.58. The molecule has 1 nitrogen and oxygen atoms in total. The van der Waals surface area contributed by atoms with E-state index in [0.717, 1.165) is 0 Å². The van der Waals surface area contributed by atoms with Crippen molar-refractivity contribution >= 4 is 39.6 Å². The predicted molar refractivity (Wildman–Crippen MR) is 215 cm³/mol. The minimum Gasteiger partial charge on any atom is -0.308 e. The molecule has 0 amide bonds. The molecule has 1 aliphatic heterocycles. The molecular formula is C49H39NS. The van der Waals surface area contributed by atoms with Gasteiger partial charge in [0.1, 0.15) is 0 Å². The van der Waals surface area contributed by atoms with Crippen LogP contribution in [0.3, 0.4) is 0 Å². The van der Waals surface area contributed by atoms with Crippen LogP contribution in [0.4, 0.5) is 17.1 Å². The standard InChI is InChI=1S/C49H39NS/c1-47(2)35-19-11-9-15-28(35)32-23-38-34(24-37(32)47)46-31-18-8-7-17-30(31)42(27-40(46)49(38,5)6)50-41-21-13-14-22-44(41)51-45-25-33-29-16-10-12-20-36(29)48(3,4)39(33)26-43(45)50/h7-27H,1-6H3. The van der Waals surface area contributed by atoms with E-state index < -0.39 is 0 Å². The smallest absolute Gasteiger partial charge is 0.0605 e. The van der Waals surface area contributed by atoms with Gasteiger partial charge < -0.3 is 4.90 Å². The monoisotopic (exact) mass is 673 g/mol. The van der Waals surface area contributed by atoms with Crippen LogP contribution in [-0.2, 0) is 16.2 Å². The van der Waals surface area contributed by atoms with Gasteiger partial charge in [-0.3, -0.25) is 0 Å². The van der Waals surface area contributed by atoms with Crippen LogP contribution in [-0.4, -0.2) is 0 Å². The fourth-order valence-corrected chi connectivity index (χ4v) is 11.2. The van der Waals surface area contributed by atoms with E-state index in [2.05, 4.69) is 174 Å². The molecule has 3 aliphatic carbocycles. The first-order valence-corrected chi connectivity index (χ1v) is 19.1. The van der Waals surface area contributed by atoms with Crippen molar-refractivity contribution < 1.29 is 0 Å². The van der Waals surface area contributed by atoms with Crippen LogP contribution in [0, 0.1) is 0 Å². The topological polar surface area (TPSA) is 3.24 Å². The Kier molecular flexibility index (Phi) is 5.60. The van der Waals surface area contributed by atoms with Gasteiger partial charge in [0.05, 0.1) is 17.1 Å². The lowest BCUT2D eigenvalue weighted by atomic mass is 9.79. The molecule has 7 aromatic carbocycles. The fourth-order valence-electron chi connectivity index (χ4n) is 10.1. The predicted octanol–water partition coefficient (Wildman–Crippen LogP) is 13.7. The van der Waals surface area contributed by atoms with E-state index in [1.807, 2.05) is 11.8 Å². The van der Waals surface area contributed by atoms with Gasteiger partial charge in [-0.25, -0.2) is 0 Å². The van der Waals surface area contributed by atoms with Crippen LogP contribution >= 0.6 is 11.8 Å². The van der Waals surface area contributed by atoms with E-state index in [1.165, 1.54) is 104 Å².